The lowest BCUT2D eigenvalue weighted by Gasteiger charge is -2.20. The van der Waals surface area contributed by atoms with Crippen LogP contribution in [0, 0.1) is 5.92 Å². The van der Waals surface area contributed by atoms with E-state index in [1.165, 1.54) is 0 Å². The molecule has 2 nitrogen and oxygen atoms in total. The van der Waals surface area contributed by atoms with Crippen molar-refractivity contribution in [2.24, 2.45) is 11.7 Å². The van der Waals surface area contributed by atoms with E-state index in [9.17, 15) is 5.11 Å². The van der Waals surface area contributed by atoms with Gasteiger partial charge < -0.3 is 10.8 Å². The highest BCUT2D eigenvalue weighted by Crippen LogP contribution is 2.39. The molecule has 0 heterocycles. The molecule has 0 radical (unpaired) electrons. The Morgan fingerprint density at radius 3 is 2.50 bits per heavy atom. The van der Waals surface area contributed by atoms with Crippen LogP contribution in [0.4, 0.5) is 0 Å². The zero-order valence-corrected chi connectivity index (χ0v) is 10.9. The Bertz CT molecular complexity index is 368. The highest BCUT2D eigenvalue weighted by Gasteiger charge is 2.35. The molecule has 1 aliphatic rings. The van der Waals surface area contributed by atoms with Crippen molar-refractivity contribution in [2.45, 2.75) is 25.0 Å². The number of nitrogens with two attached hydrogens (primary N) is 1. The Balaban J connectivity index is 0.00000128. The first-order valence-electron chi connectivity index (χ1n) is 4.99. The minimum atomic E-state index is -0.513. The van der Waals surface area contributed by atoms with E-state index >= 15 is 0 Å². The molecule has 0 saturated heterocycles. The number of hydrogen-bond donors (Lipinski definition) is 2. The van der Waals surface area contributed by atoms with Crippen LogP contribution in [-0.2, 0) is 0 Å². The van der Waals surface area contributed by atoms with Crippen LogP contribution in [-0.4, -0.2) is 11.2 Å². The van der Waals surface area contributed by atoms with E-state index in [1.807, 2.05) is 6.07 Å². The number of benzene rings is 1. The van der Waals surface area contributed by atoms with Crippen molar-refractivity contribution >= 4 is 35.6 Å². The van der Waals surface area contributed by atoms with Crippen LogP contribution >= 0.6 is 35.6 Å². The maximum Gasteiger partial charge on any atom is 0.0761 e. The topological polar surface area (TPSA) is 46.2 Å². The molecule has 2 rings (SSSR count). The summed E-state index contributed by atoms with van der Waals surface area (Å²) in [6, 6.07) is 4.88. The van der Waals surface area contributed by atoms with E-state index in [0.29, 0.717) is 16.0 Å². The van der Waals surface area contributed by atoms with Gasteiger partial charge in [-0.2, -0.15) is 0 Å². The van der Waals surface area contributed by atoms with Crippen molar-refractivity contribution in [2.75, 3.05) is 0 Å². The van der Waals surface area contributed by atoms with E-state index < -0.39 is 12.1 Å². The fraction of sp³-hybridized carbons (Fsp3) is 0.455. The minimum absolute atomic E-state index is 0. The minimum Gasteiger partial charge on any atom is -0.391 e. The normalized spacial score (nSPS) is 18.8. The fourth-order valence-electron chi connectivity index (χ4n) is 1.69. The Labute approximate surface area is 111 Å². The number of aliphatic hydroxyl groups is 1. The molecule has 0 spiro atoms. The van der Waals surface area contributed by atoms with Gasteiger partial charge in [0, 0.05) is 0 Å². The maximum atomic E-state index is 9.90. The lowest BCUT2D eigenvalue weighted by Crippen LogP contribution is -2.28. The van der Waals surface area contributed by atoms with Gasteiger partial charge in [0.15, 0.2) is 0 Å². The predicted molar refractivity (Wildman–Crippen MR) is 69.4 cm³/mol. The molecule has 90 valence electrons. The van der Waals surface area contributed by atoms with E-state index in [2.05, 4.69) is 0 Å². The zero-order chi connectivity index (χ0) is 11.0. The Hall–Kier alpha value is 0.01000. The lowest BCUT2D eigenvalue weighted by molar-refractivity contribution is 0.122. The molecule has 1 saturated carbocycles. The third-order valence-electron chi connectivity index (χ3n) is 2.81. The largest absolute Gasteiger partial charge is 0.391 e. The lowest BCUT2D eigenvalue weighted by atomic mass is 9.99. The van der Waals surface area contributed by atoms with Gasteiger partial charge in [-0.15, -0.1) is 12.4 Å². The summed E-state index contributed by atoms with van der Waals surface area (Å²) in [5.74, 6) is 0.329. The predicted octanol–water partition coefficient (Wildman–Crippen LogP) is 3.19. The first-order valence-corrected chi connectivity index (χ1v) is 5.74. The van der Waals surface area contributed by atoms with Crippen molar-refractivity contribution in [3.63, 3.8) is 0 Å². The molecule has 0 aliphatic heterocycles. The summed E-state index contributed by atoms with van der Waals surface area (Å²) in [6.45, 7) is 0. The summed E-state index contributed by atoms with van der Waals surface area (Å²) >= 11 is 11.9. The van der Waals surface area contributed by atoms with E-state index in [1.54, 1.807) is 12.1 Å². The third kappa shape index (κ3) is 2.82. The fourth-order valence-corrected chi connectivity index (χ4v) is 2.13. The summed E-state index contributed by atoms with van der Waals surface area (Å²) in [6.07, 6.45) is 1.58. The molecule has 0 unspecified atom stereocenters. The van der Waals surface area contributed by atoms with Crippen LogP contribution in [0.5, 0.6) is 0 Å². The monoisotopic (exact) mass is 281 g/mol. The summed E-state index contributed by atoms with van der Waals surface area (Å²) in [5.41, 5.74) is 6.68. The average molecular weight is 283 g/mol. The van der Waals surface area contributed by atoms with Crippen LogP contribution in [0.2, 0.25) is 10.0 Å². The number of rotatable bonds is 3. The summed E-state index contributed by atoms with van der Waals surface area (Å²) in [7, 11) is 0. The van der Waals surface area contributed by atoms with Crippen LogP contribution in [0.1, 0.15) is 24.4 Å². The van der Waals surface area contributed by atoms with E-state index in [4.69, 9.17) is 28.9 Å². The quantitative estimate of drug-likeness (QED) is 0.894. The second-order valence-corrected chi connectivity index (χ2v) is 4.78. The average Bonchev–Trinajstić information content (AvgIpc) is 3.03. The van der Waals surface area contributed by atoms with E-state index in [0.717, 1.165) is 18.4 Å². The first kappa shape index (κ1) is 14.1. The van der Waals surface area contributed by atoms with Crippen LogP contribution in [0.3, 0.4) is 0 Å². The van der Waals surface area contributed by atoms with E-state index in [-0.39, 0.29) is 12.4 Å². The Kier molecular flexibility index (Phi) is 4.89. The molecular formula is C11H14Cl3NO. The Morgan fingerprint density at radius 1 is 1.31 bits per heavy atom. The summed E-state index contributed by atoms with van der Waals surface area (Å²) < 4.78 is 0. The molecule has 1 aliphatic carbocycles. The van der Waals surface area contributed by atoms with Gasteiger partial charge in [0.2, 0.25) is 0 Å². The molecule has 3 N–H and O–H groups in total. The molecule has 1 fully saturated rings. The van der Waals surface area contributed by atoms with Gasteiger partial charge in [0.25, 0.3) is 0 Å². The van der Waals surface area contributed by atoms with Crippen LogP contribution < -0.4 is 5.73 Å². The zero-order valence-electron chi connectivity index (χ0n) is 8.57. The molecule has 0 bridgehead atoms. The molecular weight excluding hydrogens is 268 g/mol. The van der Waals surface area contributed by atoms with Gasteiger partial charge >= 0.3 is 0 Å². The summed E-state index contributed by atoms with van der Waals surface area (Å²) in [5, 5.41) is 10.8. The van der Waals surface area contributed by atoms with Crippen LogP contribution in [0.25, 0.3) is 0 Å². The van der Waals surface area contributed by atoms with Crippen LogP contribution in [0.15, 0.2) is 18.2 Å². The molecule has 1 aromatic rings. The van der Waals surface area contributed by atoms with Gasteiger partial charge in [-0.25, -0.2) is 0 Å². The van der Waals surface area contributed by atoms with Gasteiger partial charge in [-0.3, -0.25) is 0 Å². The van der Waals surface area contributed by atoms with Crippen molar-refractivity contribution in [1.29, 1.82) is 0 Å². The SMILES string of the molecule is Cl.N[C@@H](c1cccc(Cl)c1Cl)[C@H](O)C1CC1. The standard InChI is InChI=1S/C11H13Cl2NO.ClH/c12-8-3-1-2-7(9(8)13)10(14)11(15)6-4-5-6;/h1-3,6,10-11,15H,4-5,14H2;1H/t10-,11+;/m0./s1. The van der Waals surface area contributed by atoms with Crippen molar-refractivity contribution in [3.8, 4) is 0 Å². The molecule has 0 aromatic heterocycles. The smallest absolute Gasteiger partial charge is 0.0761 e. The molecule has 2 atom stereocenters. The van der Waals surface area contributed by atoms with Crippen molar-refractivity contribution < 1.29 is 5.11 Å². The van der Waals surface area contributed by atoms with Crippen molar-refractivity contribution in [1.82, 2.24) is 0 Å². The highest BCUT2D eigenvalue weighted by atomic mass is 35.5. The Morgan fingerprint density at radius 2 is 1.94 bits per heavy atom. The second-order valence-electron chi connectivity index (χ2n) is 4.00. The summed E-state index contributed by atoms with van der Waals surface area (Å²) in [4.78, 5) is 0. The van der Waals surface area contributed by atoms with Crippen molar-refractivity contribution in [3.05, 3.63) is 33.8 Å². The first-order chi connectivity index (χ1) is 7.11. The molecule has 16 heavy (non-hydrogen) atoms. The second kappa shape index (κ2) is 5.56. The number of halogens is 3. The highest BCUT2D eigenvalue weighted by molar-refractivity contribution is 6.42. The van der Waals surface area contributed by atoms with Gasteiger partial charge in [0.1, 0.15) is 0 Å². The maximum absolute atomic E-state index is 9.90. The molecule has 1 aromatic carbocycles. The number of aliphatic hydroxyl groups excluding tert-OH is 1. The van der Waals surface area contributed by atoms with Gasteiger partial charge in [0.05, 0.1) is 22.2 Å². The molecule has 0 amide bonds. The third-order valence-corrected chi connectivity index (χ3v) is 3.65. The number of hydrogen-bond acceptors (Lipinski definition) is 2. The molecule has 5 heteroatoms. The van der Waals surface area contributed by atoms with Gasteiger partial charge in [-0.05, 0) is 30.4 Å². The van der Waals surface area contributed by atoms with Gasteiger partial charge in [-0.1, -0.05) is 35.3 Å².